The molecule has 2 rings (SSSR count). The highest BCUT2D eigenvalue weighted by atomic mass is 32.1. The van der Waals surface area contributed by atoms with Gasteiger partial charge in [0.25, 0.3) is 0 Å². The number of aromatic nitrogens is 2. The highest BCUT2D eigenvalue weighted by molar-refractivity contribution is 7.71. The van der Waals surface area contributed by atoms with E-state index in [0.29, 0.717) is 16.3 Å². The van der Waals surface area contributed by atoms with Gasteiger partial charge < -0.3 is 24.8 Å². The fraction of sp³-hybridized carbons (Fsp3) is 0.429. The topological polar surface area (TPSA) is 82.3 Å². The lowest BCUT2D eigenvalue weighted by Crippen LogP contribution is -2.32. The summed E-state index contributed by atoms with van der Waals surface area (Å²) in [5.74, 6) is 0.834. The molecular formula is C14H19N3O3S. The maximum atomic E-state index is 11.3. The first-order chi connectivity index (χ1) is 9.80. The van der Waals surface area contributed by atoms with Crippen LogP contribution >= 0.6 is 12.2 Å². The monoisotopic (exact) mass is 309 g/mol. The lowest BCUT2D eigenvalue weighted by Gasteiger charge is -2.26. The Kier molecular flexibility index (Phi) is 3.95. The summed E-state index contributed by atoms with van der Waals surface area (Å²) in [6.07, 6.45) is 0.183. The molecule has 0 atom stereocenters. The van der Waals surface area contributed by atoms with E-state index < -0.39 is 5.54 Å². The van der Waals surface area contributed by atoms with Crippen LogP contribution in [-0.4, -0.2) is 29.7 Å². The Bertz CT molecular complexity index is 746. The minimum atomic E-state index is -0.541. The molecule has 2 aromatic rings. The molecule has 3 N–H and O–H groups in total. The number of carbonyl (C=O) groups excluding carboxylic acids is 1. The van der Waals surface area contributed by atoms with E-state index in [1.807, 2.05) is 30.5 Å². The van der Waals surface area contributed by atoms with Gasteiger partial charge in [0.2, 0.25) is 5.91 Å². The summed E-state index contributed by atoms with van der Waals surface area (Å²) >= 11 is 5.39. The average molecular weight is 309 g/mol. The summed E-state index contributed by atoms with van der Waals surface area (Å²) in [5, 5.41) is 0. The van der Waals surface area contributed by atoms with E-state index in [1.165, 1.54) is 0 Å². The van der Waals surface area contributed by atoms with E-state index in [2.05, 4.69) is 4.98 Å². The van der Waals surface area contributed by atoms with E-state index in [0.717, 1.165) is 11.0 Å². The zero-order valence-electron chi connectivity index (χ0n) is 12.5. The number of hydrogen-bond donors (Lipinski definition) is 2. The Morgan fingerprint density at radius 1 is 1.33 bits per heavy atom. The third-order valence-electron chi connectivity index (χ3n) is 3.40. The lowest BCUT2D eigenvalue weighted by molar-refractivity contribution is -0.119. The minimum Gasteiger partial charge on any atom is -0.493 e. The molecular weight excluding hydrogens is 290 g/mol. The molecule has 0 aliphatic heterocycles. The number of imidazole rings is 1. The molecule has 0 fully saturated rings. The molecule has 0 radical (unpaired) electrons. The van der Waals surface area contributed by atoms with Crippen LogP contribution in [0.4, 0.5) is 0 Å². The number of nitrogens with one attached hydrogen (secondary N) is 1. The molecule has 6 nitrogen and oxygen atoms in total. The van der Waals surface area contributed by atoms with E-state index in [9.17, 15) is 4.79 Å². The second kappa shape index (κ2) is 5.40. The molecule has 0 saturated heterocycles. The number of benzene rings is 1. The van der Waals surface area contributed by atoms with Crippen LogP contribution in [0, 0.1) is 4.77 Å². The summed E-state index contributed by atoms with van der Waals surface area (Å²) in [6, 6.07) is 3.66. The number of rotatable bonds is 5. The van der Waals surface area contributed by atoms with Gasteiger partial charge in [0.15, 0.2) is 16.3 Å². The van der Waals surface area contributed by atoms with Crippen molar-refractivity contribution in [3.8, 4) is 11.5 Å². The van der Waals surface area contributed by atoms with Gasteiger partial charge in [0.05, 0.1) is 30.8 Å². The number of amides is 1. The fourth-order valence-electron chi connectivity index (χ4n) is 2.54. The van der Waals surface area contributed by atoms with E-state index in [1.54, 1.807) is 14.2 Å². The van der Waals surface area contributed by atoms with Crippen LogP contribution in [0.25, 0.3) is 11.0 Å². The summed E-state index contributed by atoms with van der Waals surface area (Å²) in [7, 11) is 3.15. The molecule has 114 valence electrons. The van der Waals surface area contributed by atoms with Gasteiger partial charge in [-0.15, -0.1) is 0 Å². The van der Waals surface area contributed by atoms with E-state index >= 15 is 0 Å². The van der Waals surface area contributed by atoms with Gasteiger partial charge >= 0.3 is 0 Å². The molecule has 1 aromatic heterocycles. The first-order valence-corrected chi connectivity index (χ1v) is 6.86. The number of fused-ring (bicyclic) bond motifs is 1. The van der Waals surface area contributed by atoms with Crippen LogP contribution in [0.3, 0.4) is 0 Å². The summed E-state index contributed by atoms with van der Waals surface area (Å²) in [5.41, 5.74) is 6.45. The molecule has 21 heavy (non-hydrogen) atoms. The predicted octanol–water partition coefficient (Wildman–Crippen LogP) is 2.33. The zero-order valence-corrected chi connectivity index (χ0v) is 13.3. The van der Waals surface area contributed by atoms with Gasteiger partial charge in [-0.3, -0.25) is 4.79 Å². The number of hydrogen-bond acceptors (Lipinski definition) is 4. The van der Waals surface area contributed by atoms with Crippen molar-refractivity contribution in [3.63, 3.8) is 0 Å². The normalized spacial score (nSPS) is 11.6. The van der Waals surface area contributed by atoms with Gasteiger partial charge in [0.1, 0.15) is 0 Å². The number of nitrogens with zero attached hydrogens (tertiary/aromatic N) is 1. The van der Waals surface area contributed by atoms with Crippen LogP contribution in [0.2, 0.25) is 0 Å². The number of methoxy groups -OCH3 is 2. The Balaban J connectivity index is 2.72. The molecule has 0 saturated carbocycles. The minimum absolute atomic E-state index is 0.183. The van der Waals surface area contributed by atoms with Crippen molar-refractivity contribution in [2.75, 3.05) is 14.2 Å². The molecule has 7 heteroatoms. The molecule has 1 aromatic carbocycles. The summed E-state index contributed by atoms with van der Waals surface area (Å²) < 4.78 is 13.0. The fourth-order valence-corrected chi connectivity index (χ4v) is 3.00. The van der Waals surface area contributed by atoms with Crippen molar-refractivity contribution >= 4 is 29.2 Å². The van der Waals surface area contributed by atoms with Gasteiger partial charge in [-0.1, -0.05) is 0 Å². The number of nitrogens with two attached hydrogens (primary N) is 1. The molecule has 1 heterocycles. The van der Waals surface area contributed by atoms with Gasteiger partial charge in [-0.05, 0) is 26.1 Å². The van der Waals surface area contributed by atoms with Gasteiger partial charge in [-0.2, -0.15) is 0 Å². The molecule has 0 unspecified atom stereocenters. The van der Waals surface area contributed by atoms with Crippen LogP contribution in [0.15, 0.2) is 12.1 Å². The quantitative estimate of drug-likeness (QED) is 0.830. The smallest absolute Gasteiger partial charge is 0.219 e. The Labute approximate surface area is 127 Å². The largest absolute Gasteiger partial charge is 0.493 e. The Hall–Kier alpha value is -2.02. The van der Waals surface area contributed by atoms with Crippen LogP contribution in [0.1, 0.15) is 20.3 Å². The van der Waals surface area contributed by atoms with Crippen molar-refractivity contribution in [3.05, 3.63) is 16.9 Å². The maximum absolute atomic E-state index is 11.3. The predicted molar refractivity (Wildman–Crippen MR) is 83.4 cm³/mol. The van der Waals surface area contributed by atoms with Crippen molar-refractivity contribution in [2.45, 2.75) is 25.8 Å². The van der Waals surface area contributed by atoms with E-state index in [4.69, 9.17) is 27.4 Å². The first-order valence-electron chi connectivity index (χ1n) is 6.45. The Morgan fingerprint density at radius 2 is 1.90 bits per heavy atom. The van der Waals surface area contributed by atoms with Crippen molar-refractivity contribution in [1.29, 1.82) is 0 Å². The van der Waals surface area contributed by atoms with Crippen molar-refractivity contribution < 1.29 is 14.3 Å². The van der Waals surface area contributed by atoms with Crippen LogP contribution in [0.5, 0.6) is 11.5 Å². The summed E-state index contributed by atoms with van der Waals surface area (Å²) in [6.45, 7) is 3.83. The number of aromatic amines is 1. The molecule has 0 aliphatic rings. The van der Waals surface area contributed by atoms with Crippen LogP contribution < -0.4 is 15.2 Å². The maximum Gasteiger partial charge on any atom is 0.219 e. The molecule has 0 aliphatic carbocycles. The number of ether oxygens (including phenoxy) is 2. The van der Waals surface area contributed by atoms with Crippen molar-refractivity contribution in [1.82, 2.24) is 9.55 Å². The average Bonchev–Trinajstić information content (AvgIpc) is 2.70. The lowest BCUT2D eigenvalue weighted by atomic mass is 9.99. The summed E-state index contributed by atoms with van der Waals surface area (Å²) in [4.78, 5) is 14.4. The number of carbonyl (C=O) groups is 1. The Morgan fingerprint density at radius 3 is 2.43 bits per heavy atom. The molecule has 1 amide bonds. The second-order valence-corrected chi connectivity index (χ2v) is 5.83. The third kappa shape index (κ3) is 2.73. The standard InChI is InChI=1S/C14H19N3O3S/c1-14(2,7-12(15)18)17-9-6-11(20-4)10(19-3)5-8(9)16-13(17)21/h5-6H,7H2,1-4H3,(H2,15,18)(H,16,21). The number of H-pyrrole nitrogens is 1. The SMILES string of the molecule is COc1cc2[nH]c(=S)n(C(C)(C)CC(N)=O)c2cc1OC. The van der Waals surface area contributed by atoms with E-state index in [-0.39, 0.29) is 12.3 Å². The first kappa shape index (κ1) is 15.4. The van der Waals surface area contributed by atoms with Gasteiger partial charge in [-0.25, -0.2) is 0 Å². The number of primary amides is 1. The second-order valence-electron chi connectivity index (χ2n) is 5.45. The third-order valence-corrected chi connectivity index (χ3v) is 3.68. The molecule has 0 spiro atoms. The molecule has 0 bridgehead atoms. The highest BCUT2D eigenvalue weighted by Gasteiger charge is 2.26. The van der Waals surface area contributed by atoms with Crippen molar-refractivity contribution in [2.24, 2.45) is 5.73 Å². The highest BCUT2D eigenvalue weighted by Crippen LogP contribution is 2.34. The van der Waals surface area contributed by atoms with Crippen LogP contribution in [-0.2, 0) is 10.3 Å². The zero-order chi connectivity index (χ0) is 15.8. The van der Waals surface area contributed by atoms with Gasteiger partial charge in [0, 0.05) is 18.6 Å².